The molecule has 1 N–H and O–H groups in total. The Morgan fingerprint density at radius 1 is 1.28 bits per heavy atom. The molecule has 0 aliphatic carbocycles. The van der Waals surface area contributed by atoms with Crippen LogP contribution in [0.15, 0.2) is 42.5 Å². The Kier molecular flexibility index (Phi) is 6.71. The summed E-state index contributed by atoms with van der Waals surface area (Å²) in [6.45, 7) is 6.33. The molecular formula is C20H25ClN2O2. The fourth-order valence-electron chi connectivity index (χ4n) is 2.80. The number of rotatable bonds is 7. The molecule has 2 rings (SSSR count). The first-order valence-corrected chi connectivity index (χ1v) is 8.80. The van der Waals surface area contributed by atoms with Gasteiger partial charge in [0.1, 0.15) is 5.75 Å². The van der Waals surface area contributed by atoms with E-state index < -0.39 is 0 Å². The minimum absolute atomic E-state index is 0.0471. The van der Waals surface area contributed by atoms with Crippen LogP contribution in [-0.2, 0) is 11.3 Å². The van der Waals surface area contributed by atoms with Crippen molar-refractivity contribution in [2.45, 2.75) is 39.8 Å². The van der Waals surface area contributed by atoms with Crippen LogP contribution in [0.1, 0.15) is 32.8 Å². The molecule has 0 fully saturated rings. The van der Waals surface area contributed by atoms with Gasteiger partial charge < -0.3 is 15.0 Å². The van der Waals surface area contributed by atoms with Gasteiger partial charge in [0.2, 0.25) is 5.91 Å². The third-order valence-electron chi connectivity index (χ3n) is 4.25. The maximum Gasteiger partial charge on any atom is 0.224 e. The molecule has 5 heteroatoms. The van der Waals surface area contributed by atoms with E-state index in [4.69, 9.17) is 16.3 Å². The highest BCUT2D eigenvalue weighted by Crippen LogP contribution is 2.30. The molecule has 25 heavy (non-hydrogen) atoms. The molecule has 0 spiro atoms. The van der Waals surface area contributed by atoms with Gasteiger partial charge in [0.15, 0.2) is 0 Å². The Hall–Kier alpha value is -2.20. The molecule has 0 aliphatic heterocycles. The van der Waals surface area contributed by atoms with E-state index in [0.29, 0.717) is 17.3 Å². The van der Waals surface area contributed by atoms with E-state index in [9.17, 15) is 4.79 Å². The van der Waals surface area contributed by atoms with Crippen molar-refractivity contribution in [3.05, 3.63) is 53.1 Å². The van der Waals surface area contributed by atoms with E-state index in [1.165, 1.54) is 0 Å². The second-order valence-corrected chi connectivity index (χ2v) is 6.41. The minimum atomic E-state index is 0.0471. The molecule has 0 bridgehead atoms. The molecule has 1 unspecified atom stereocenters. The van der Waals surface area contributed by atoms with Crippen molar-refractivity contribution in [1.82, 2.24) is 0 Å². The predicted octanol–water partition coefficient (Wildman–Crippen LogP) is 5.11. The van der Waals surface area contributed by atoms with Crippen molar-refractivity contribution >= 4 is 28.9 Å². The number of amides is 1. The number of carbonyl (C=O) groups excluding carboxylic acids is 1. The van der Waals surface area contributed by atoms with Crippen LogP contribution in [0.3, 0.4) is 0 Å². The number of hydrogen-bond donors (Lipinski definition) is 1. The standard InChI is InChI=1S/C20H25ClN2O2/c1-5-14(2)23(15(3)24)19-9-7-6-8-16(19)13-22-18-11-10-17(21)12-20(18)25-4/h6-12,14,22H,5,13H2,1-4H3. The van der Waals surface area contributed by atoms with Crippen LogP contribution in [0.25, 0.3) is 0 Å². The number of para-hydroxylation sites is 1. The number of ether oxygens (including phenoxy) is 1. The SMILES string of the molecule is CCC(C)N(C(C)=O)c1ccccc1CNc1ccc(Cl)cc1OC. The summed E-state index contributed by atoms with van der Waals surface area (Å²) in [5.41, 5.74) is 2.85. The molecular weight excluding hydrogens is 336 g/mol. The summed E-state index contributed by atoms with van der Waals surface area (Å²) in [4.78, 5) is 14.0. The van der Waals surface area contributed by atoms with Crippen LogP contribution in [0, 0.1) is 0 Å². The molecule has 134 valence electrons. The van der Waals surface area contributed by atoms with Crippen LogP contribution < -0.4 is 15.0 Å². The summed E-state index contributed by atoms with van der Waals surface area (Å²) in [5, 5.41) is 4.00. The number of nitrogens with zero attached hydrogens (tertiary/aromatic N) is 1. The zero-order valence-electron chi connectivity index (χ0n) is 15.2. The molecule has 2 aromatic rings. The van der Waals surface area contributed by atoms with Crippen LogP contribution in [0.5, 0.6) is 5.75 Å². The number of benzene rings is 2. The average molecular weight is 361 g/mol. The Bertz CT molecular complexity index is 733. The van der Waals surface area contributed by atoms with E-state index in [0.717, 1.165) is 23.4 Å². The smallest absolute Gasteiger partial charge is 0.224 e. The van der Waals surface area contributed by atoms with Crippen LogP contribution in [-0.4, -0.2) is 19.1 Å². The Balaban J connectivity index is 2.28. The van der Waals surface area contributed by atoms with Gasteiger partial charge in [-0.25, -0.2) is 0 Å². The average Bonchev–Trinajstić information content (AvgIpc) is 2.61. The van der Waals surface area contributed by atoms with E-state index >= 15 is 0 Å². The van der Waals surface area contributed by atoms with Gasteiger partial charge in [-0.3, -0.25) is 4.79 Å². The number of anilines is 2. The van der Waals surface area contributed by atoms with Crippen LogP contribution in [0.4, 0.5) is 11.4 Å². The normalized spacial score (nSPS) is 11.7. The van der Waals surface area contributed by atoms with Gasteiger partial charge in [-0.2, -0.15) is 0 Å². The van der Waals surface area contributed by atoms with Crippen molar-refractivity contribution in [3.8, 4) is 5.75 Å². The molecule has 1 amide bonds. The second kappa shape index (κ2) is 8.77. The lowest BCUT2D eigenvalue weighted by Crippen LogP contribution is -2.37. The van der Waals surface area contributed by atoms with E-state index in [1.807, 2.05) is 41.3 Å². The highest BCUT2D eigenvalue weighted by molar-refractivity contribution is 6.30. The summed E-state index contributed by atoms with van der Waals surface area (Å²) in [5.74, 6) is 0.737. The highest BCUT2D eigenvalue weighted by Gasteiger charge is 2.20. The van der Waals surface area contributed by atoms with Gasteiger partial charge in [-0.05, 0) is 37.1 Å². The molecule has 2 aromatic carbocycles. The summed E-state index contributed by atoms with van der Waals surface area (Å²) >= 11 is 6.01. The van der Waals surface area contributed by atoms with Crippen molar-refractivity contribution in [2.75, 3.05) is 17.3 Å². The number of halogens is 1. The lowest BCUT2D eigenvalue weighted by molar-refractivity contribution is -0.117. The van der Waals surface area contributed by atoms with Crippen LogP contribution in [0.2, 0.25) is 5.02 Å². The Labute approximate surface area is 154 Å². The third-order valence-corrected chi connectivity index (χ3v) is 4.49. The largest absolute Gasteiger partial charge is 0.495 e. The quantitative estimate of drug-likeness (QED) is 0.745. The summed E-state index contributed by atoms with van der Waals surface area (Å²) < 4.78 is 5.37. The lowest BCUT2D eigenvalue weighted by Gasteiger charge is -2.29. The molecule has 0 radical (unpaired) electrons. The molecule has 0 saturated carbocycles. The highest BCUT2D eigenvalue weighted by atomic mass is 35.5. The second-order valence-electron chi connectivity index (χ2n) is 5.97. The molecule has 4 nitrogen and oxygen atoms in total. The van der Waals surface area contributed by atoms with Crippen molar-refractivity contribution in [1.29, 1.82) is 0 Å². The number of nitrogens with one attached hydrogen (secondary N) is 1. The predicted molar refractivity (Wildman–Crippen MR) is 105 cm³/mol. The Morgan fingerprint density at radius 3 is 2.64 bits per heavy atom. The Morgan fingerprint density at radius 2 is 2.00 bits per heavy atom. The van der Waals surface area contributed by atoms with Gasteiger partial charge in [-0.1, -0.05) is 36.7 Å². The summed E-state index contributed by atoms with van der Waals surface area (Å²) in [7, 11) is 1.62. The van der Waals surface area contributed by atoms with Gasteiger partial charge >= 0.3 is 0 Å². The fraction of sp³-hybridized carbons (Fsp3) is 0.350. The third kappa shape index (κ3) is 4.67. The summed E-state index contributed by atoms with van der Waals surface area (Å²) in [6, 6.07) is 13.6. The maximum atomic E-state index is 12.2. The van der Waals surface area contributed by atoms with E-state index in [-0.39, 0.29) is 11.9 Å². The summed E-state index contributed by atoms with van der Waals surface area (Å²) in [6.07, 6.45) is 0.895. The van der Waals surface area contributed by atoms with E-state index in [1.54, 1.807) is 20.1 Å². The van der Waals surface area contributed by atoms with Crippen LogP contribution >= 0.6 is 11.6 Å². The van der Waals surface area contributed by atoms with Gasteiger partial charge in [0.25, 0.3) is 0 Å². The number of carbonyl (C=O) groups is 1. The minimum Gasteiger partial charge on any atom is -0.495 e. The fourth-order valence-corrected chi connectivity index (χ4v) is 2.96. The van der Waals surface area contributed by atoms with Crippen molar-refractivity contribution in [3.63, 3.8) is 0 Å². The van der Waals surface area contributed by atoms with Gasteiger partial charge in [0.05, 0.1) is 12.8 Å². The topological polar surface area (TPSA) is 41.6 Å². The zero-order valence-corrected chi connectivity index (χ0v) is 15.9. The first-order chi connectivity index (χ1) is 12.0. The molecule has 0 heterocycles. The first-order valence-electron chi connectivity index (χ1n) is 8.43. The monoisotopic (exact) mass is 360 g/mol. The van der Waals surface area contributed by atoms with Crippen molar-refractivity contribution in [2.24, 2.45) is 0 Å². The van der Waals surface area contributed by atoms with Gasteiger partial charge in [0, 0.05) is 36.3 Å². The molecule has 0 aliphatic rings. The van der Waals surface area contributed by atoms with E-state index in [2.05, 4.69) is 19.2 Å². The number of hydrogen-bond acceptors (Lipinski definition) is 3. The molecule has 0 aromatic heterocycles. The van der Waals surface area contributed by atoms with Crippen molar-refractivity contribution < 1.29 is 9.53 Å². The molecule has 1 atom stereocenters. The zero-order chi connectivity index (χ0) is 18.4. The first kappa shape index (κ1) is 19.1. The lowest BCUT2D eigenvalue weighted by atomic mass is 10.1. The maximum absolute atomic E-state index is 12.2. The number of methoxy groups -OCH3 is 1. The molecule has 0 saturated heterocycles. The van der Waals surface area contributed by atoms with Gasteiger partial charge in [-0.15, -0.1) is 0 Å².